The van der Waals surface area contributed by atoms with E-state index in [4.69, 9.17) is 9.15 Å². The van der Waals surface area contributed by atoms with Crippen LogP contribution in [-0.2, 0) is 0 Å². The third kappa shape index (κ3) is 2.85. The van der Waals surface area contributed by atoms with Crippen molar-refractivity contribution in [1.82, 2.24) is 0 Å². The van der Waals surface area contributed by atoms with Gasteiger partial charge in [-0.05, 0) is 68.9 Å². The molecule has 1 aromatic heterocycles. The van der Waals surface area contributed by atoms with Crippen LogP contribution in [0.2, 0.25) is 0 Å². The number of halogens is 2. The second kappa shape index (κ2) is 5.01. The second-order valence-corrected chi connectivity index (χ2v) is 4.98. The molecular weight excluding hydrogens is 387 g/mol. The van der Waals surface area contributed by atoms with Crippen molar-refractivity contribution in [3.05, 3.63) is 50.4 Å². The van der Waals surface area contributed by atoms with Crippen molar-refractivity contribution in [2.24, 2.45) is 0 Å². The molecule has 0 radical (unpaired) electrons. The van der Waals surface area contributed by atoms with E-state index in [1.165, 1.54) is 0 Å². The third-order valence-electron chi connectivity index (χ3n) is 1.78. The van der Waals surface area contributed by atoms with E-state index in [1.807, 2.05) is 12.1 Å². The standard InChI is InChI=1S/C11H6BrIO3/c12-10-5-4-9(16-10)11(14)15-8-3-1-2-7(13)6-8/h1-6H. The Balaban J connectivity index is 2.13. The predicted molar refractivity (Wildman–Crippen MR) is 70.5 cm³/mol. The minimum absolute atomic E-state index is 0.172. The summed E-state index contributed by atoms with van der Waals surface area (Å²) in [6.07, 6.45) is 0. The molecule has 5 heteroatoms. The second-order valence-electron chi connectivity index (χ2n) is 2.95. The lowest BCUT2D eigenvalue weighted by molar-refractivity contribution is 0.0700. The number of carbonyl (C=O) groups excluding carboxylic acids is 1. The van der Waals surface area contributed by atoms with Gasteiger partial charge < -0.3 is 9.15 Å². The van der Waals surface area contributed by atoms with E-state index >= 15 is 0 Å². The highest BCUT2D eigenvalue weighted by atomic mass is 127. The molecule has 1 heterocycles. The van der Waals surface area contributed by atoms with Crippen molar-refractivity contribution in [3.63, 3.8) is 0 Å². The normalized spacial score (nSPS) is 10.1. The lowest BCUT2D eigenvalue weighted by atomic mass is 10.3. The van der Waals surface area contributed by atoms with Gasteiger partial charge in [0.15, 0.2) is 4.67 Å². The number of hydrogen-bond donors (Lipinski definition) is 0. The van der Waals surface area contributed by atoms with Gasteiger partial charge in [0.25, 0.3) is 0 Å². The molecule has 16 heavy (non-hydrogen) atoms. The number of furan rings is 1. The summed E-state index contributed by atoms with van der Waals surface area (Å²) in [5.41, 5.74) is 0. The number of rotatable bonds is 2. The average Bonchev–Trinajstić information content (AvgIpc) is 2.65. The van der Waals surface area contributed by atoms with Crippen LogP contribution < -0.4 is 4.74 Å². The predicted octanol–water partition coefficient (Wildman–Crippen LogP) is 3.87. The van der Waals surface area contributed by atoms with Crippen molar-refractivity contribution in [3.8, 4) is 5.75 Å². The molecule has 0 saturated carbocycles. The summed E-state index contributed by atoms with van der Waals surface area (Å²) in [4.78, 5) is 11.6. The minimum Gasteiger partial charge on any atom is -0.442 e. The quantitative estimate of drug-likeness (QED) is 0.442. The lowest BCUT2D eigenvalue weighted by Crippen LogP contribution is -2.07. The molecule has 0 spiro atoms. The maximum Gasteiger partial charge on any atom is 0.379 e. The number of hydrogen-bond acceptors (Lipinski definition) is 3. The first-order valence-electron chi connectivity index (χ1n) is 4.38. The van der Waals surface area contributed by atoms with Gasteiger partial charge in [-0.1, -0.05) is 6.07 Å². The van der Waals surface area contributed by atoms with Gasteiger partial charge in [-0.15, -0.1) is 0 Å². The topological polar surface area (TPSA) is 39.4 Å². The fourth-order valence-electron chi connectivity index (χ4n) is 1.11. The molecule has 82 valence electrons. The Labute approximate surface area is 114 Å². The van der Waals surface area contributed by atoms with Crippen LogP contribution in [0.15, 0.2) is 45.5 Å². The van der Waals surface area contributed by atoms with E-state index in [-0.39, 0.29) is 5.76 Å². The fourth-order valence-corrected chi connectivity index (χ4v) is 1.93. The summed E-state index contributed by atoms with van der Waals surface area (Å²) in [6.45, 7) is 0. The first-order valence-corrected chi connectivity index (χ1v) is 6.25. The van der Waals surface area contributed by atoms with Gasteiger partial charge in [0.05, 0.1) is 0 Å². The van der Waals surface area contributed by atoms with Crippen molar-refractivity contribution in [2.45, 2.75) is 0 Å². The molecule has 0 fully saturated rings. The molecule has 1 aromatic carbocycles. The summed E-state index contributed by atoms with van der Waals surface area (Å²) in [5, 5.41) is 0. The maximum atomic E-state index is 11.6. The first kappa shape index (κ1) is 11.7. The van der Waals surface area contributed by atoms with Crippen LogP contribution in [-0.4, -0.2) is 5.97 Å². The zero-order chi connectivity index (χ0) is 11.5. The molecule has 0 unspecified atom stereocenters. The summed E-state index contributed by atoms with van der Waals surface area (Å²) in [5.74, 6) is 0.169. The summed E-state index contributed by atoms with van der Waals surface area (Å²) in [7, 11) is 0. The van der Waals surface area contributed by atoms with E-state index in [1.54, 1.807) is 24.3 Å². The zero-order valence-corrected chi connectivity index (χ0v) is 11.7. The highest BCUT2D eigenvalue weighted by Gasteiger charge is 2.12. The Morgan fingerprint density at radius 3 is 2.75 bits per heavy atom. The number of benzene rings is 1. The molecule has 0 N–H and O–H groups in total. The highest BCUT2D eigenvalue weighted by Crippen LogP contribution is 2.18. The maximum absolute atomic E-state index is 11.6. The number of esters is 1. The Kier molecular flexibility index (Phi) is 3.65. The fraction of sp³-hybridized carbons (Fsp3) is 0. The molecule has 2 rings (SSSR count). The van der Waals surface area contributed by atoms with E-state index in [9.17, 15) is 4.79 Å². The minimum atomic E-state index is -0.507. The van der Waals surface area contributed by atoms with E-state index in [0.29, 0.717) is 10.4 Å². The molecule has 0 aliphatic carbocycles. The Morgan fingerprint density at radius 1 is 1.31 bits per heavy atom. The molecule has 0 aliphatic heterocycles. The van der Waals surface area contributed by atoms with E-state index < -0.39 is 5.97 Å². The van der Waals surface area contributed by atoms with Crippen molar-refractivity contribution in [1.29, 1.82) is 0 Å². The molecule has 0 atom stereocenters. The van der Waals surface area contributed by atoms with Crippen LogP contribution in [0.25, 0.3) is 0 Å². The van der Waals surface area contributed by atoms with Gasteiger partial charge in [0, 0.05) is 3.57 Å². The van der Waals surface area contributed by atoms with E-state index in [0.717, 1.165) is 3.57 Å². The van der Waals surface area contributed by atoms with Crippen LogP contribution in [0.5, 0.6) is 5.75 Å². The van der Waals surface area contributed by atoms with Crippen molar-refractivity contribution >= 4 is 44.5 Å². The van der Waals surface area contributed by atoms with Gasteiger partial charge in [-0.25, -0.2) is 4.79 Å². The molecule has 0 saturated heterocycles. The first-order chi connectivity index (χ1) is 7.65. The lowest BCUT2D eigenvalue weighted by Gasteiger charge is -2.01. The Morgan fingerprint density at radius 2 is 2.12 bits per heavy atom. The average molecular weight is 393 g/mol. The number of carbonyl (C=O) groups is 1. The van der Waals surface area contributed by atoms with Gasteiger partial charge >= 0.3 is 5.97 Å². The summed E-state index contributed by atoms with van der Waals surface area (Å²) < 4.78 is 11.7. The molecule has 0 amide bonds. The smallest absolute Gasteiger partial charge is 0.379 e. The largest absolute Gasteiger partial charge is 0.442 e. The Bertz CT molecular complexity index is 521. The van der Waals surface area contributed by atoms with Crippen LogP contribution in [0, 0.1) is 3.57 Å². The van der Waals surface area contributed by atoms with Gasteiger partial charge in [0.1, 0.15) is 5.75 Å². The summed E-state index contributed by atoms with van der Waals surface area (Å²) in [6, 6.07) is 10.4. The Hall–Kier alpha value is -0.820. The van der Waals surface area contributed by atoms with Gasteiger partial charge in [0.2, 0.25) is 5.76 Å². The van der Waals surface area contributed by atoms with Crippen LogP contribution in [0.1, 0.15) is 10.6 Å². The molecular formula is C11H6BrIO3. The van der Waals surface area contributed by atoms with Crippen molar-refractivity contribution < 1.29 is 13.9 Å². The van der Waals surface area contributed by atoms with Gasteiger partial charge in [-0.3, -0.25) is 0 Å². The van der Waals surface area contributed by atoms with Crippen LogP contribution in [0.4, 0.5) is 0 Å². The number of ether oxygens (including phenoxy) is 1. The van der Waals surface area contributed by atoms with Crippen LogP contribution in [0.3, 0.4) is 0 Å². The van der Waals surface area contributed by atoms with Gasteiger partial charge in [-0.2, -0.15) is 0 Å². The molecule has 0 bridgehead atoms. The monoisotopic (exact) mass is 392 g/mol. The molecule has 3 nitrogen and oxygen atoms in total. The zero-order valence-electron chi connectivity index (χ0n) is 7.94. The SMILES string of the molecule is O=C(Oc1cccc(I)c1)c1ccc(Br)o1. The van der Waals surface area contributed by atoms with Crippen LogP contribution >= 0.6 is 38.5 Å². The van der Waals surface area contributed by atoms with Crippen molar-refractivity contribution in [2.75, 3.05) is 0 Å². The van der Waals surface area contributed by atoms with E-state index in [2.05, 4.69) is 38.5 Å². The summed E-state index contributed by atoms with van der Waals surface area (Å²) >= 11 is 5.27. The molecule has 2 aromatic rings. The molecule has 0 aliphatic rings. The third-order valence-corrected chi connectivity index (χ3v) is 2.88. The highest BCUT2D eigenvalue weighted by molar-refractivity contribution is 14.1.